The number of amides is 1. The summed E-state index contributed by atoms with van der Waals surface area (Å²) in [6.45, 7) is 1.05. The number of aliphatic hydroxyl groups is 1. The molecule has 19 heavy (non-hydrogen) atoms. The highest BCUT2D eigenvalue weighted by Gasteiger charge is 2.25. The fourth-order valence-electron chi connectivity index (χ4n) is 2.14. The smallest absolute Gasteiger partial charge is 0.236 e. The van der Waals surface area contributed by atoms with Crippen LogP contribution in [0.3, 0.4) is 0 Å². The largest absolute Gasteiger partial charge is 0.444 e. The van der Waals surface area contributed by atoms with Gasteiger partial charge >= 0.3 is 0 Å². The van der Waals surface area contributed by atoms with Gasteiger partial charge in [-0.05, 0) is 17.9 Å². The first-order valence-corrected chi connectivity index (χ1v) is 7.04. The molecule has 0 aliphatic carbocycles. The van der Waals surface area contributed by atoms with Crippen LogP contribution in [0.5, 0.6) is 0 Å². The second kappa shape index (κ2) is 5.14. The van der Waals surface area contributed by atoms with E-state index in [1.54, 1.807) is 16.2 Å². The normalized spacial score (nSPS) is 19.0. The first-order chi connectivity index (χ1) is 9.22. The van der Waals surface area contributed by atoms with Gasteiger partial charge in [0.25, 0.3) is 0 Å². The van der Waals surface area contributed by atoms with Crippen LogP contribution in [0.1, 0.15) is 12.1 Å². The molecule has 0 spiro atoms. The molecule has 6 heteroatoms. The molecular weight excluding hydrogens is 264 g/mol. The number of aliphatic hydroxyl groups excluding tert-OH is 1. The molecule has 1 saturated heterocycles. The molecule has 0 saturated carbocycles. The highest BCUT2D eigenvalue weighted by atomic mass is 32.1. The lowest BCUT2D eigenvalue weighted by Crippen LogP contribution is -2.30. The van der Waals surface area contributed by atoms with Gasteiger partial charge < -0.3 is 14.4 Å². The van der Waals surface area contributed by atoms with Crippen LogP contribution < -0.4 is 0 Å². The van der Waals surface area contributed by atoms with Gasteiger partial charge in [0, 0.05) is 13.1 Å². The van der Waals surface area contributed by atoms with Crippen LogP contribution in [0.25, 0.3) is 10.8 Å². The number of rotatable bonds is 3. The molecule has 1 atom stereocenters. The standard InChI is InChI=1S/C13H14N2O3S/c16-10-3-4-15(7-10)12(17)6-9-8-18-13(14-9)11-2-1-5-19-11/h1-2,5,8,10,16H,3-4,6-7H2/t10-/m1/s1. The molecule has 2 aromatic rings. The first kappa shape index (κ1) is 12.4. The number of hydrogen-bond donors (Lipinski definition) is 1. The summed E-state index contributed by atoms with van der Waals surface area (Å²) >= 11 is 1.55. The summed E-state index contributed by atoms with van der Waals surface area (Å²) in [5, 5.41) is 11.4. The van der Waals surface area contributed by atoms with Gasteiger partial charge in [0.05, 0.1) is 23.1 Å². The van der Waals surface area contributed by atoms with Gasteiger partial charge in [-0.1, -0.05) is 6.07 Å². The lowest BCUT2D eigenvalue weighted by Gasteiger charge is -2.14. The quantitative estimate of drug-likeness (QED) is 0.924. The Morgan fingerprint density at radius 1 is 1.63 bits per heavy atom. The molecule has 0 unspecified atom stereocenters. The summed E-state index contributed by atoms with van der Waals surface area (Å²) < 4.78 is 5.37. The number of nitrogens with zero attached hydrogens (tertiary/aromatic N) is 2. The molecule has 3 heterocycles. The third kappa shape index (κ3) is 2.69. The Hall–Kier alpha value is -1.66. The number of likely N-dealkylation sites (tertiary alicyclic amines) is 1. The Kier molecular flexibility index (Phi) is 3.35. The number of β-amino-alcohol motifs (C(OH)–C–C–N with tert-alkyl or cyclic N) is 1. The number of hydrogen-bond acceptors (Lipinski definition) is 5. The average Bonchev–Trinajstić information content (AvgIpc) is 3.07. The van der Waals surface area contributed by atoms with Crippen LogP contribution in [0.4, 0.5) is 0 Å². The number of thiophene rings is 1. The van der Waals surface area contributed by atoms with Crippen LogP contribution >= 0.6 is 11.3 Å². The van der Waals surface area contributed by atoms with Crippen molar-refractivity contribution in [1.82, 2.24) is 9.88 Å². The SMILES string of the molecule is O=C(Cc1coc(-c2cccs2)n1)N1CC[C@@H](O)C1. The van der Waals surface area contributed by atoms with Gasteiger partial charge in [-0.25, -0.2) is 4.98 Å². The fourth-order valence-corrected chi connectivity index (χ4v) is 2.79. The van der Waals surface area contributed by atoms with Crippen molar-refractivity contribution in [2.24, 2.45) is 0 Å². The number of carbonyl (C=O) groups is 1. The predicted molar refractivity (Wildman–Crippen MR) is 70.7 cm³/mol. The summed E-state index contributed by atoms with van der Waals surface area (Å²) in [4.78, 5) is 18.9. The van der Waals surface area contributed by atoms with E-state index in [4.69, 9.17) is 4.42 Å². The van der Waals surface area contributed by atoms with Crippen molar-refractivity contribution in [2.75, 3.05) is 13.1 Å². The highest BCUT2D eigenvalue weighted by molar-refractivity contribution is 7.13. The Labute approximate surface area is 114 Å². The van der Waals surface area contributed by atoms with Gasteiger partial charge in [0.1, 0.15) is 6.26 Å². The first-order valence-electron chi connectivity index (χ1n) is 6.16. The molecule has 1 N–H and O–H groups in total. The summed E-state index contributed by atoms with van der Waals surface area (Å²) in [5.74, 6) is 0.543. The number of aromatic nitrogens is 1. The van der Waals surface area contributed by atoms with E-state index in [1.165, 1.54) is 6.26 Å². The van der Waals surface area contributed by atoms with Crippen LogP contribution in [-0.4, -0.2) is 40.1 Å². The molecule has 0 aromatic carbocycles. The predicted octanol–water partition coefficient (Wildman–Crippen LogP) is 1.54. The minimum absolute atomic E-state index is 0.0115. The van der Waals surface area contributed by atoms with Gasteiger partial charge in [-0.15, -0.1) is 11.3 Å². The molecule has 0 radical (unpaired) electrons. The highest BCUT2D eigenvalue weighted by Crippen LogP contribution is 2.24. The van der Waals surface area contributed by atoms with E-state index in [0.29, 0.717) is 31.1 Å². The number of carbonyl (C=O) groups excluding carboxylic acids is 1. The maximum Gasteiger partial charge on any atom is 0.236 e. The molecule has 1 aliphatic heterocycles. The van der Waals surface area contributed by atoms with Crippen LogP contribution in [0.2, 0.25) is 0 Å². The van der Waals surface area contributed by atoms with E-state index >= 15 is 0 Å². The third-order valence-electron chi connectivity index (χ3n) is 3.13. The molecule has 0 bridgehead atoms. The topological polar surface area (TPSA) is 66.6 Å². The van der Waals surface area contributed by atoms with Crippen molar-refractivity contribution in [2.45, 2.75) is 18.9 Å². The summed E-state index contributed by atoms with van der Waals surface area (Å²) in [5.41, 5.74) is 0.634. The number of oxazole rings is 1. The molecule has 100 valence electrons. The van der Waals surface area contributed by atoms with Gasteiger partial charge in [0.2, 0.25) is 11.8 Å². The maximum absolute atomic E-state index is 12.0. The lowest BCUT2D eigenvalue weighted by molar-refractivity contribution is -0.129. The monoisotopic (exact) mass is 278 g/mol. The minimum Gasteiger partial charge on any atom is -0.444 e. The van der Waals surface area contributed by atoms with E-state index in [9.17, 15) is 9.90 Å². The molecule has 1 aliphatic rings. The Bertz CT molecular complexity index is 564. The van der Waals surface area contributed by atoms with Crippen molar-refractivity contribution in [3.8, 4) is 10.8 Å². The van der Waals surface area contributed by atoms with E-state index in [-0.39, 0.29) is 18.4 Å². The molecular formula is C13H14N2O3S. The fraction of sp³-hybridized carbons (Fsp3) is 0.385. The second-order valence-corrected chi connectivity index (χ2v) is 5.53. The van der Waals surface area contributed by atoms with Crippen LogP contribution in [0, 0.1) is 0 Å². The molecule has 3 rings (SSSR count). The Morgan fingerprint density at radius 3 is 3.21 bits per heavy atom. The van der Waals surface area contributed by atoms with Crippen molar-refractivity contribution >= 4 is 17.2 Å². The van der Waals surface area contributed by atoms with Crippen molar-refractivity contribution in [3.05, 3.63) is 29.5 Å². The van der Waals surface area contributed by atoms with Crippen molar-refractivity contribution in [1.29, 1.82) is 0 Å². The molecule has 1 amide bonds. The van der Waals surface area contributed by atoms with E-state index in [2.05, 4.69) is 4.98 Å². The lowest BCUT2D eigenvalue weighted by atomic mass is 10.3. The molecule has 2 aromatic heterocycles. The van der Waals surface area contributed by atoms with E-state index in [0.717, 1.165) is 4.88 Å². The van der Waals surface area contributed by atoms with Gasteiger partial charge in [-0.3, -0.25) is 4.79 Å². The Morgan fingerprint density at radius 2 is 2.53 bits per heavy atom. The van der Waals surface area contributed by atoms with Crippen molar-refractivity contribution in [3.63, 3.8) is 0 Å². The van der Waals surface area contributed by atoms with Crippen molar-refractivity contribution < 1.29 is 14.3 Å². The van der Waals surface area contributed by atoms with Gasteiger partial charge in [0.15, 0.2) is 0 Å². The zero-order valence-electron chi connectivity index (χ0n) is 10.3. The van der Waals surface area contributed by atoms with Crippen LogP contribution in [-0.2, 0) is 11.2 Å². The van der Waals surface area contributed by atoms with Crippen LogP contribution in [0.15, 0.2) is 28.2 Å². The summed E-state index contributed by atoms with van der Waals surface area (Å²) in [6, 6.07) is 3.86. The van der Waals surface area contributed by atoms with E-state index < -0.39 is 0 Å². The zero-order valence-corrected chi connectivity index (χ0v) is 11.1. The molecule has 1 fully saturated rings. The Balaban J connectivity index is 1.66. The van der Waals surface area contributed by atoms with Gasteiger partial charge in [-0.2, -0.15) is 0 Å². The molecule has 5 nitrogen and oxygen atoms in total. The minimum atomic E-state index is -0.386. The maximum atomic E-state index is 12.0. The second-order valence-electron chi connectivity index (χ2n) is 4.58. The summed E-state index contributed by atoms with van der Waals surface area (Å²) in [7, 11) is 0. The zero-order chi connectivity index (χ0) is 13.2. The summed E-state index contributed by atoms with van der Waals surface area (Å²) in [6.07, 6.45) is 2.02. The van der Waals surface area contributed by atoms with E-state index in [1.807, 2.05) is 17.5 Å². The average molecular weight is 278 g/mol. The third-order valence-corrected chi connectivity index (χ3v) is 3.99.